The number of rotatable bonds is 3. The Morgan fingerprint density at radius 3 is 2.50 bits per heavy atom. The van der Waals surface area contributed by atoms with Gasteiger partial charge in [0.15, 0.2) is 0 Å². The number of terminal acetylenes is 1. The molecule has 0 fully saturated rings. The average molecular weight is 208 g/mol. The van der Waals surface area contributed by atoms with Gasteiger partial charge in [0.1, 0.15) is 0 Å². The van der Waals surface area contributed by atoms with E-state index in [1.165, 1.54) is 0 Å². The van der Waals surface area contributed by atoms with E-state index in [4.69, 9.17) is 29.6 Å². The van der Waals surface area contributed by atoms with E-state index < -0.39 is 10.2 Å². The van der Waals surface area contributed by atoms with Gasteiger partial charge in [0.05, 0.1) is 6.42 Å². The maximum absolute atomic E-state index is 11.2. The van der Waals surface area contributed by atoms with Crippen LogP contribution in [0.3, 0.4) is 0 Å². The van der Waals surface area contributed by atoms with Crippen molar-refractivity contribution in [2.75, 3.05) is 0 Å². The predicted molar refractivity (Wildman–Crippen MR) is 51.2 cm³/mol. The van der Waals surface area contributed by atoms with Crippen molar-refractivity contribution in [1.82, 2.24) is 5.32 Å². The molecule has 0 aliphatic carbocycles. The number of alkyl halides is 2. The molecule has 0 atom stereocenters. The van der Waals surface area contributed by atoms with Crippen molar-refractivity contribution in [2.45, 2.75) is 30.6 Å². The van der Waals surface area contributed by atoms with E-state index in [1.54, 1.807) is 0 Å². The van der Waals surface area contributed by atoms with Gasteiger partial charge in [-0.05, 0) is 13.8 Å². The highest BCUT2D eigenvalue weighted by Crippen LogP contribution is 2.24. The average Bonchev–Trinajstić information content (AvgIpc) is 1.85. The largest absolute Gasteiger partial charge is 0.351 e. The number of carbonyl (C=O) groups excluding carboxylic acids is 1. The molecule has 12 heavy (non-hydrogen) atoms. The van der Waals surface area contributed by atoms with E-state index in [2.05, 4.69) is 11.2 Å². The normalized spacial score (nSPS) is 11.0. The van der Waals surface area contributed by atoms with Gasteiger partial charge in [-0.2, -0.15) is 0 Å². The Kier molecular flexibility index (Phi) is 4.44. The summed E-state index contributed by atoms with van der Waals surface area (Å²) in [7, 11) is 0. The predicted octanol–water partition coefficient (Wildman–Crippen LogP) is 1.71. The third kappa shape index (κ3) is 3.85. The summed E-state index contributed by atoms with van der Waals surface area (Å²) < 4.78 is -1.50. The molecule has 0 heterocycles. The van der Waals surface area contributed by atoms with Crippen LogP contribution in [0.5, 0.6) is 0 Å². The van der Waals surface area contributed by atoms with Crippen LogP contribution in [0.2, 0.25) is 0 Å². The number of carbonyl (C=O) groups is 1. The van der Waals surface area contributed by atoms with E-state index >= 15 is 0 Å². The van der Waals surface area contributed by atoms with Crippen LogP contribution in [0.1, 0.15) is 20.3 Å². The van der Waals surface area contributed by atoms with Crippen LogP contribution in [-0.4, -0.2) is 16.3 Å². The smallest absolute Gasteiger partial charge is 0.257 e. The second kappa shape index (κ2) is 4.59. The van der Waals surface area contributed by atoms with Gasteiger partial charge in [0.2, 0.25) is 4.33 Å². The van der Waals surface area contributed by atoms with Gasteiger partial charge in [0, 0.05) is 6.04 Å². The molecule has 0 saturated heterocycles. The van der Waals surface area contributed by atoms with Crippen LogP contribution >= 0.6 is 23.2 Å². The van der Waals surface area contributed by atoms with Crippen molar-refractivity contribution in [3.05, 3.63) is 0 Å². The molecule has 0 aliphatic rings. The molecule has 0 aromatic carbocycles. The summed E-state index contributed by atoms with van der Waals surface area (Å²) in [5.74, 6) is 1.79. The summed E-state index contributed by atoms with van der Waals surface area (Å²) in [6.07, 6.45) is 4.99. The van der Waals surface area contributed by atoms with Crippen molar-refractivity contribution in [3.63, 3.8) is 0 Å². The van der Waals surface area contributed by atoms with E-state index in [0.29, 0.717) is 0 Å². The SMILES string of the molecule is C#CCC(Cl)(Cl)C(=O)NC(C)C. The zero-order valence-electron chi connectivity index (χ0n) is 7.03. The first-order chi connectivity index (χ1) is 5.40. The van der Waals surface area contributed by atoms with Crippen molar-refractivity contribution >= 4 is 29.1 Å². The molecular weight excluding hydrogens is 197 g/mol. The van der Waals surface area contributed by atoms with Crippen LogP contribution in [-0.2, 0) is 4.79 Å². The van der Waals surface area contributed by atoms with Gasteiger partial charge in [0.25, 0.3) is 5.91 Å². The zero-order chi connectivity index (χ0) is 9.78. The van der Waals surface area contributed by atoms with E-state index in [0.717, 1.165) is 0 Å². The highest BCUT2D eigenvalue weighted by Gasteiger charge is 2.32. The molecule has 0 aromatic rings. The molecule has 0 spiro atoms. The van der Waals surface area contributed by atoms with Gasteiger partial charge < -0.3 is 5.32 Å². The molecule has 4 heteroatoms. The standard InChI is InChI=1S/C8H11Cl2NO/c1-4-5-8(9,10)7(12)11-6(2)3/h1,6H,5H2,2-3H3,(H,11,12). The molecule has 0 unspecified atom stereocenters. The summed E-state index contributed by atoms with van der Waals surface area (Å²) in [4.78, 5) is 11.2. The van der Waals surface area contributed by atoms with Crippen LogP contribution in [0.15, 0.2) is 0 Å². The Labute approximate surface area is 82.6 Å². The fraction of sp³-hybridized carbons (Fsp3) is 0.625. The monoisotopic (exact) mass is 207 g/mol. The molecular formula is C8H11Cl2NO. The summed E-state index contributed by atoms with van der Waals surface area (Å²) in [6, 6.07) is 0.00662. The zero-order valence-corrected chi connectivity index (χ0v) is 8.54. The molecule has 0 saturated carbocycles. The minimum atomic E-state index is -1.50. The van der Waals surface area contributed by atoms with Crippen LogP contribution in [0.4, 0.5) is 0 Å². The molecule has 0 bridgehead atoms. The Balaban J connectivity index is 4.18. The Hall–Kier alpha value is -0.390. The first kappa shape index (κ1) is 11.6. The second-order valence-electron chi connectivity index (χ2n) is 2.71. The van der Waals surface area contributed by atoms with Crippen molar-refractivity contribution < 1.29 is 4.79 Å². The first-order valence-corrected chi connectivity index (χ1v) is 4.28. The molecule has 0 aliphatic heterocycles. The summed E-state index contributed by atoms with van der Waals surface area (Å²) in [5, 5.41) is 2.57. The quantitative estimate of drug-likeness (QED) is 0.555. The highest BCUT2D eigenvalue weighted by atomic mass is 35.5. The topological polar surface area (TPSA) is 29.1 Å². The first-order valence-electron chi connectivity index (χ1n) is 3.52. The van der Waals surface area contributed by atoms with Crippen LogP contribution < -0.4 is 5.32 Å². The van der Waals surface area contributed by atoms with E-state index in [9.17, 15) is 4.79 Å². The Bertz CT molecular complexity index is 206. The lowest BCUT2D eigenvalue weighted by atomic mass is 10.2. The highest BCUT2D eigenvalue weighted by molar-refractivity contribution is 6.58. The minimum absolute atomic E-state index is 0.00662. The fourth-order valence-corrected chi connectivity index (χ4v) is 0.840. The Morgan fingerprint density at radius 2 is 2.17 bits per heavy atom. The van der Waals surface area contributed by atoms with Gasteiger partial charge in [-0.25, -0.2) is 0 Å². The maximum Gasteiger partial charge on any atom is 0.257 e. The molecule has 0 rings (SSSR count). The van der Waals surface area contributed by atoms with E-state index in [1.807, 2.05) is 13.8 Å². The van der Waals surface area contributed by atoms with Crippen molar-refractivity contribution in [3.8, 4) is 12.3 Å². The molecule has 68 valence electrons. The van der Waals surface area contributed by atoms with Crippen molar-refractivity contribution in [1.29, 1.82) is 0 Å². The number of amides is 1. The number of nitrogens with one attached hydrogen (secondary N) is 1. The summed E-state index contributed by atoms with van der Waals surface area (Å²) in [5.41, 5.74) is 0. The molecule has 0 radical (unpaired) electrons. The van der Waals surface area contributed by atoms with Crippen LogP contribution in [0, 0.1) is 12.3 Å². The van der Waals surface area contributed by atoms with Gasteiger partial charge >= 0.3 is 0 Å². The van der Waals surface area contributed by atoms with Gasteiger partial charge in [-0.1, -0.05) is 23.2 Å². The third-order valence-electron chi connectivity index (χ3n) is 1.08. The third-order valence-corrected chi connectivity index (χ3v) is 1.69. The van der Waals surface area contributed by atoms with Crippen LogP contribution in [0.25, 0.3) is 0 Å². The van der Waals surface area contributed by atoms with Gasteiger partial charge in [-0.3, -0.25) is 4.79 Å². The minimum Gasteiger partial charge on any atom is -0.351 e. The number of hydrogen-bond acceptors (Lipinski definition) is 1. The van der Waals surface area contributed by atoms with Crippen molar-refractivity contribution in [2.24, 2.45) is 0 Å². The lowest BCUT2D eigenvalue weighted by Crippen LogP contribution is -2.41. The molecule has 2 nitrogen and oxygen atoms in total. The lowest BCUT2D eigenvalue weighted by molar-refractivity contribution is -0.122. The maximum atomic E-state index is 11.2. The Morgan fingerprint density at radius 1 is 1.67 bits per heavy atom. The molecule has 1 N–H and O–H groups in total. The number of hydrogen-bond donors (Lipinski definition) is 1. The summed E-state index contributed by atoms with van der Waals surface area (Å²) >= 11 is 11.3. The second-order valence-corrected chi connectivity index (χ2v) is 4.20. The van der Waals surface area contributed by atoms with E-state index in [-0.39, 0.29) is 12.5 Å². The summed E-state index contributed by atoms with van der Waals surface area (Å²) in [6.45, 7) is 3.63. The fourth-order valence-electron chi connectivity index (χ4n) is 0.576. The molecule has 0 aromatic heterocycles. The lowest BCUT2D eigenvalue weighted by Gasteiger charge is -2.17. The van der Waals surface area contributed by atoms with Gasteiger partial charge in [-0.15, -0.1) is 12.3 Å². The number of halogens is 2. The molecule has 1 amide bonds.